The molecule has 0 unspecified atom stereocenters. The summed E-state index contributed by atoms with van der Waals surface area (Å²) in [6, 6.07) is 0. The number of carbonyl (C=O) groups excluding carboxylic acids is 1. The Morgan fingerprint density at radius 2 is 2.18 bits per heavy atom. The van der Waals surface area contributed by atoms with Crippen molar-refractivity contribution in [2.45, 2.75) is 32.3 Å². The molecule has 0 aliphatic heterocycles. The van der Waals surface area contributed by atoms with Gasteiger partial charge in [0, 0.05) is 25.7 Å². The number of amides is 1. The van der Waals surface area contributed by atoms with E-state index in [0.29, 0.717) is 11.7 Å². The number of likely N-dealkylation sites (N-methyl/N-ethyl adjacent to an activating group) is 1. The van der Waals surface area contributed by atoms with Gasteiger partial charge < -0.3 is 9.84 Å². The first kappa shape index (κ1) is 17.3. The van der Waals surface area contributed by atoms with Crippen LogP contribution in [-0.4, -0.2) is 60.0 Å². The van der Waals surface area contributed by atoms with E-state index < -0.39 is 0 Å². The van der Waals surface area contributed by atoms with E-state index in [1.165, 1.54) is 11.3 Å². The van der Waals surface area contributed by atoms with Crippen LogP contribution in [0.5, 0.6) is 0 Å². The van der Waals surface area contributed by atoms with Crippen molar-refractivity contribution >= 4 is 22.4 Å². The van der Waals surface area contributed by atoms with Crippen LogP contribution in [0.2, 0.25) is 0 Å². The summed E-state index contributed by atoms with van der Waals surface area (Å²) in [7, 11) is 3.50. The number of hydrogen-bond donors (Lipinski definition) is 2. The SMILES string of the molecule is COCc1nnc(NC(=O)CN(C)CC2(CO)CCCC2)s1. The molecule has 1 fully saturated rings. The fourth-order valence-electron chi connectivity index (χ4n) is 3.01. The van der Waals surface area contributed by atoms with Crippen LogP contribution in [-0.2, 0) is 16.1 Å². The van der Waals surface area contributed by atoms with E-state index in [1.54, 1.807) is 7.11 Å². The molecule has 2 rings (SSSR count). The molecule has 1 aromatic heterocycles. The molecule has 1 amide bonds. The maximum Gasteiger partial charge on any atom is 0.240 e. The van der Waals surface area contributed by atoms with Gasteiger partial charge in [0.05, 0.1) is 6.54 Å². The normalized spacial score (nSPS) is 17.1. The van der Waals surface area contributed by atoms with Crippen molar-refractivity contribution in [3.05, 3.63) is 5.01 Å². The first-order chi connectivity index (χ1) is 10.6. The minimum atomic E-state index is -0.117. The van der Waals surface area contributed by atoms with E-state index in [4.69, 9.17) is 4.74 Å². The van der Waals surface area contributed by atoms with E-state index in [1.807, 2.05) is 11.9 Å². The van der Waals surface area contributed by atoms with Crippen molar-refractivity contribution in [3.8, 4) is 0 Å². The highest BCUT2D eigenvalue weighted by molar-refractivity contribution is 7.15. The first-order valence-electron chi connectivity index (χ1n) is 7.47. The van der Waals surface area contributed by atoms with Crippen LogP contribution in [0.15, 0.2) is 0 Å². The summed E-state index contributed by atoms with van der Waals surface area (Å²) in [5.74, 6) is -0.117. The monoisotopic (exact) mass is 328 g/mol. The molecule has 1 aromatic rings. The molecule has 1 aliphatic carbocycles. The van der Waals surface area contributed by atoms with Gasteiger partial charge in [-0.15, -0.1) is 10.2 Å². The second-order valence-corrected chi connectivity index (χ2v) is 7.08. The summed E-state index contributed by atoms with van der Waals surface area (Å²) in [4.78, 5) is 14.0. The fraction of sp³-hybridized carbons (Fsp3) is 0.786. The van der Waals surface area contributed by atoms with Gasteiger partial charge >= 0.3 is 0 Å². The Bertz CT molecular complexity index is 488. The molecule has 0 saturated heterocycles. The molecule has 1 saturated carbocycles. The number of rotatable bonds is 8. The molecule has 22 heavy (non-hydrogen) atoms. The summed E-state index contributed by atoms with van der Waals surface area (Å²) in [6.07, 6.45) is 4.39. The fourth-order valence-corrected chi connectivity index (χ4v) is 3.74. The average molecular weight is 328 g/mol. The van der Waals surface area contributed by atoms with Gasteiger partial charge in [-0.05, 0) is 19.9 Å². The predicted molar refractivity (Wildman–Crippen MR) is 84.7 cm³/mol. The number of methoxy groups -OCH3 is 1. The van der Waals surface area contributed by atoms with Gasteiger partial charge in [0.1, 0.15) is 11.6 Å². The number of aliphatic hydroxyl groups is 1. The summed E-state index contributed by atoms with van der Waals surface area (Å²) < 4.78 is 4.97. The second kappa shape index (κ2) is 7.96. The lowest BCUT2D eigenvalue weighted by Gasteiger charge is -2.31. The lowest BCUT2D eigenvalue weighted by molar-refractivity contribution is -0.117. The largest absolute Gasteiger partial charge is 0.396 e. The summed E-state index contributed by atoms with van der Waals surface area (Å²) in [5, 5.41) is 21.4. The summed E-state index contributed by atoms with van der Waals surface area (Å²) in [5.41, 5.74) is -0.0383. The second-order valence-electron chi connectivity index (χ2n) is 6.02. The Kier molecular flexibility index (Phi) is 6.25. The number of anilines is 1. The average Bonchev–Trinajstić information content (AvgIpc) is 3.09. The van der Waals surface area contributed by atoms with Crippen molar-refractivity contribution in [1.82, 2.24) is 15.1 Å². The number of ether oxygens (including phenoxy) is 1. The van der Waals surface area contributed by atoms with Crippen molar-refractivity contribution in [1.29, 1.82) is 0 Å². The standard InChI is InChI=1S/C14H24N4O3S/c1-18(9-14(10-19)5-3-4-6-14)7-11(20)15-13-17-16-12(22-13)8-21-2/h19H,3-10H2,1-2H3,(H,15,17,20). The maximum atomic E-state index is 12.0. The highest BCUT2D eigenvalue weighted by Gasteiger charge is 2.34. The Balaban J connectivity index is 1.80. The lowest BCUT2D eigenvalue weighted by Crippen LogP contribution is -2.40. The minimum Gasteiger partial charge on any atom is -0.396 e. The van der Waals surface area contributed by atoms with Crippen LogP contribution in [0.1, 0.15) is 30.7 Å². The van der Waals surface area contributed by atoms with E-state index in [0.717, 1.165) is 37.2 Å². The first-order valence-corrected chi connectivity index (χ1v) is 8.29. The van der Waals surface area contributed by atoms with Crippen molar-refractivity contribution < 1.29 is 14.6 Å². The lowest BCUT2D eigenvalue weighted by atomic mass is 9.87. The van der Waals surface area contributed by atoms with Gasteiger partial charge in [-0.2, -0.15) is 0 Å². The number of nitrogens with one attached hydrogen (secondary N) is 1. The molecule has 0 radical (unpaired) electrons. The molecule has 7 nitrogen and oxygen atoms in total. The maximum absolute atomic E-state index is 12.0. The zero-order chi connectivity index (χ0) is 16.0. The van der Waals surface area contributed by atoms with Crippen molar-refractivity contribution in [2.75, 3.05) is 39.2 Å². The van der Waals surface area contributed by atoms with Gasteiger partial charge in [-0.1, -0.05) is 24.2 Å². The Morgan fingerprint density at radius 1 is 1.45 bits per heavy atom. The topological polar surface area (TPSA) is 87.6 Å². The van der Waals surface area contributed by atoms with Crippen LogP contribution in [0.4, 0.5) is 5.13 Å². The third-order valence-electron chi connectivity index (χ3n) is 4.00. The number of carbonyl (C=O) groups is 1. The number of hydrogen-bond acceptors (Lipinski definition) is 7. The molecule has 1 aliphatic rings. The smallest absolute Gasteiger partial charge is 0.240 e. The van der Waals surface area contributed by atoms with E-state index in [-0.39, 0.29) is 24.5 Å². The van der Waals surface area contributed by atoms with Gasteiger partial charge in [-0.25, -0.2) is 0 Å². The molecule has 1 heterocycles. The quantitative estimate of drug-likeness (QED) is 0.743. The Morgan fingerprint density at radius 3 is 2.82 bits per heavy atom. The van der Waals surface area contributed by atoms with E-state index >= 15 is 0 Å². The van der Waals surface area contributed by atoms with Crippen LogP contribution in [0.25, 0.3) is 0 Å². The Hall–Kier alpha value is -1.09. The van der Waals surface area contributed by atoms with Crippen molar-refractivity contribution in [3.63, 3.8) is 0 Å². The number of aromatic nitrogens is 2. The molecular formula is C14H24N4O3S. The minimum absolute atomic E-state index is 0.0383. The molecule has 0 aromatic carbocycles. The van der Waals surface area contributed by atoms with Crippen LogP contribution >= 0.6 is 11.3 Å². The van der Waals surface area contributed by atoms with Gasteiger partial charge in [0.25, 0.3) is 0 Å². The molecule has 124 valence electrons. The molecule has 0 bridgehead atoms. The zero-order valence-corrected chi connectivity index (χ0v) is 14.0. The summed E-state index contributed by atoms with van der Waals surface area (Å²) in [6.45, 7) is 1.60. The van der Waals surface area contributed by atoms with Crippen molar-refractivity contribution in [2.24, 2.45) is 5.41 Å². The van der Waals surface area contributed by atoms with Gasteiger partial charge in [0.15, 0.2) is 0 Å². The van der Waals surface area contributed by atoms with Gasteiger partial charge in [-0.3, -0.25) is 15.0 Å². The molecule has 0 atom stereocenters. The predicted octanol–water partition coefficient (Wildman–Crippen LogP) is 1.11. The molecule has 0 spiro atoms. The van der Waals surface area contributed by atoms with E-state index in [2.05, 4.69) is 15.5 Å². The van der Waals surface area contributed by atoms with Crippen LogP contribution in [0.3, 0.4) is 0 Å². The number of nitrogens with zero attached hydrogens (tertiary/aromatic N) is 3. The molecular weight excluding hydrogens is 304 g/mol. The number of aliphatic hydroxyl groups excluding tert-OH is 1. The van der Waals surface area contributed by atoms with Crippen LogP contribution in [0, 0.1) is 5.41 Å². The Labute approximate surface area is 134 Å². The molecule has 2 N–H and O–H groups in total. The zero-order valence-electron chi connectivity index (χ0n) is 13.2. The van der Waals surface area contributed by atoms with Crippen LogP contribution < -0.4 is 5.32 Å². The van der Waals surface area contributed by atoms with Gasteiger partial charge in [0.2, 0.25) is 11.0 Å². The third-order valence-corrected chi connectivity index (χ3v) is 4.81. The molecule has 8 heteroatoms. The third kappa shape index (κ3) is 4.70. The highest BCUT2D eigenvalue weighted by atomic mass is 32.1. The highest BCUT2D eigenvalue weighted by Crippen LogP contribution is 2.38. The van der Waals surface area contributed by atoms with E-state index in [9.17, 15) is 9.90 Å². The summed E-state index contributed by atoms with van der Waals surface area (Å²) >= 11 is 1.31.